The van der Waals surface area contributed by atoms with Gasteiger partial charge in [-0.05, 0) is 55.4 Å². The normalized spacial score (nSPS) is 14.4. The fraction of sp³-hybridized carbons (Fsp3) is 0.556. The van der Waals surface area contributed by atoms with Gasteiger partial charge in [-0.1, -0.05) is 38.5 Å². The van der Waals surface area contributed by atoms with Crippen molar-refractivity contribution in [3.63, 3.8) is 0 Å². The number of nitrogens with one attached hydrogen (secondary N) is 4. The predicted molar refractivity (Wildman–Crippen MR) is 154 cm³/mol. The molecule has 0 aliphatic carbocycles. The van der Waals surface area contributed by atoms with Crippen molar-refractivity contribution in [1.29, 1.82) is 0 Å². The van der Waals surface area contributed by atoms with Gasteiger partial charge in [0.2, 0.25) is 17.7 Å². The van der Waals surface area contributed by atoms with Crippen molar-refractivity contribution in [2.24, 2.45) is 17.4 Å². The predicted octanol–water partition coefficient (Wildman–Crippen LogP) is 1.11. The molecule has 2 aromatic rings. The van der Waals surface area contributed by atoms with E-state index in [1.165, 1.54) is 11.8 Å². The highest BCUT2D eigenvalue weighted by atomic mass is 32.2. The molecule has 4 unspecified atom stereocenters. The smallest absolute Gasteiger partial charge is 0.326 e. The topological polar surface area (TPSA) is 192 Å². The van der Waals surface area contributed by atoms with Crippen molar-refractivity contribution >= 4 is 46.4 Å². The van der Waals surface area contributed by atoms with Crippen LogP contribution in [0.3, 0.4) is 0 Å². The zero-order chi connectivity index (χ0) is 28.9. The van der Waals surface area contributed by atoms with E-state index in [-0.39, 0.29) is 12.3 Å². The number of aromatic nitrogens is 1. The van der Waals surface area contributed by atoms with Gasteiger partial charge in [0.1, 0.15) is 18.1 Å². The summed E-state index contributed by atoms with van der Waals surface area (Å²) < 4.78 is 0. The van der Waals surface area contributed by atoms with Crippen LogP contribution >= 0.6 is 11.8 Å². The SMILES string of the molecule is CSCCC(NC(=O)C(N)CCCCN)C(=O)NC(Cc1c[nH]c2ccccc12)C(=O)NC(C(=O)O)C(C)C. The van der Waals surface area contributed by atoms with E-state index in [1.807, 2.05) is 30.5 Å². The van der Waals surface area contributed by atoms with Crippen LogP contribution in [0.2, 0.25) is 0 Å². The molecule has 11 nitrogen and oxygen atoms in total. The number of para-hydroxylation sites is 1. The van der Waals surface area contributed by atoms with Crippen LogP contribution < -0.4 is 27.4 Å². The Labute approximate surface area is 233 Å². The zero-order valence-electron chi connectivity index (χ0n) is 22.9. The van der Waals surface area contributed by atoms with Gasteiger partial charge in [-0.25, -0.2) is 4.79 Å². The van der Waals surface area contributed by atoms with Gasteiger partial charge in [0.15, 0.2) is 0 Å². The lowest BCUT2D eigenvalue weighted by Gasteiger charge is -2.26. The Kier molecular flexibility index (Phi) is 13.3. The van der Waals surface area contributed by atoms with Crippen molar-refractivity contribution in [3.8, 4) is 0 Å². The average molecular weight is 563 g/mol. The van der Waals surface area contributed by atoms with Gasteiger partial charge >= 0.3 is 5.97 Å². The number of thioether (sulfide) groups is 1. The molecule has 0 saturated carbocycles. The maximum Gasteiger partial charge on any atom is 0.326 e. The summed E-state index contributed by atoms with van der Waals surface area (Å²) in [5.74, 6) is -2.55. The van der Waals surface area contributed by atoms with Gasteiger partial charge in [-0.2, -0.15) is 11.8 Å². The molecule has 12 heteroatoms. The second kappa shape index (κ2) is 16.1. The van der Waals surface area contributed by atoms with Crippen molar-refractivity contribution in [3.05, 3.63) is 36.0 Å². The van der Waals surface area contributed by atoms with E-state index in [4.69, 9.17) is 11.5 Å². The van der Waals surface area contributed by atoms with Crippen LogP contribution in [0.5, 0.6) is 0 Å². The van der Waals surface area contributed by atoms with E-state index >= 15 is 0 Å². The maximum absolute atomic E-state index is 13.4. The minimum atomic E-state index is -1.16. The van der Waals surface area contributed by atoms with Gasteiger partial charge in [0.05, 0.1) is 6.04 Å². The van der Waals surface area contributed by atoms with Gasteiger partial charge in [-0.15, -0.1) is 0 Å². The van der Waals surface area contributed by atoms with E-state index in [0.717, 1.165) is 22.9 Å². The molecule has 1 aromatic heterocycles. The summed E-state index contributed by atoms with van der Waals surface area (Å²) in [6.07, 6.45) is 5.99. The number of unbranched alkanes of at least 4 members (excludes halogenated alkanes) is 1. The third kappa shape index (κ3) is 9.86. The minimum Gasteiger partial charge on any atom is -0.480 e. The fourth-order valence-electron chi connectivity index (χ4n) is 4.19. The van der Waals surface area contributed by atoms with Crippen molar-refractivity contribution in [2.45, 2.75) is 70.1 Å². The standard InChI is InChI=1S/C27H42N6O5S/c1-16(2)23(27(37)38)33-26(36)22(14-17-15-30-20-10-5-4-8-18(17)20)32-25(35)21(11-13-39-3)31-24(34)19(29)9-6-7-12-28/h4-5,8,10,15-16,19,21-23,30H,6-7,9,11-14,28-29H2,1-3H3,(H,31,34)(H,32,35)(H,33,36)(H,37,38). The summed E-state index contributed by atoms with van der Waals surface area (Å²) in [5, 5.41) is 18.6. The number of carbonyl (C=O) groups is 4. The Morgan fingerprint density at radius 1 is 0.974 bits per heavy atom. The number of amides is 3. The lowest BCUT2D eigenvalue weighted by atomic mass is 10.0. The fourth-order valence-corrected chi connectivity index (χ4v) is 4.66. The first-order valence-electron chi connectivity index (χ1n) is 13.2. The second-order valence-electron chi connectivity index (χ2n) is 9.93. The number of nitrogens with two attached hydrogens (primary N) is 2. The Balaban J connectivity index is 2.26. The summed E-state index contributed by atoms with van der Waals surface area (Å²) >= 11 is 1.52. The lowest BCUT2D eigenvalue weighted by Crippen LogP contribution is -2.58. The first kappa shape index (κ1) is 32.1. The summed E-state index contributed by atoms with van der Waals surface area (Å²) in [4.78, 5) is 54.4. The largest absolute Gasteiger partial charge is 0.480 e. The molecule has 4 atom stereocenters. The van der Waals surface area contributed by atoms with Gasteiger partial charge in [0, 0.05) is 23.5 Å². The number of hydrogen-bond donors (Lipinski definition) is 7. The Morgan fingerprint density at radius 3 is 2.28 bits per heavy atom. The summed E-state index contributed by atoms with van der Waals surface area (Å²) in [7, 11) is 0. The molecule has 1 heterocycles. The van der Waals surface area contributed by atoms with E-state index < -0.39 is 47.9 Å². The van der Waals surface area contributed by atoms with Crippen LogP contribution in [0.15, 0.2) is 30.5 Å². The van der Waals surface area contributed by atoms with E-state index in [0.29, 0.717) is 31.6 Å². The molecular weight excluding hydrogens is 520 g/mol. The molecule has 1 aromatic carbocycles. The van der Waals surface area contributed by atoms with E-state index in [1.54, 1.807) is 20.0 Å². The number of hydrogen-bond acceptors (Lipinski definition) is 7. The molecule has 0 saturated heterocycles. The molecule has 0 spiro atoms. The van der Waals surface area contributed by atoms with E-state index in [9.17, 15) is 24.3 Å². The van der Waals surface area contributed by atoms with Crippen LogP contribution in [-0.2, 0) is 25.6 Å². The summed E-state index contributed by atoms with van der Waals surface area (Å²) in [6.45, 7) is 3.89. The molecule has 0 radical (unpaired) electrons. The molecular formula is C27H42N6O5S. The zero-order valence-corrected chi connectivity index (χ0v) is 23.7. The average Bonchev–Trinajstić information content (AvgIpc) is 3.31. The number of carbonyl (C=O) groups excluding carboxylic acids is 3. The first-order chi connectivity index (χ1) is 18.6. The van der Waals surface area contributed by atoms with Crippen LogP contribution in [0, 0.1) is 5.92 Å². The van der Waals surface area contributed by atoms with Gasteiger partial charge in [0.25, 0.3) is 0 Å². The third-order valence-corrected chi connectivity index (χ3v) is 7.16. The lowest BCUT2D eigenvalue weighted by molar-refractivity contribution is -0.143. The molecule has 0 aliphatic heterocycles. The number of H-pyrrole nitrogens is 1. The van der Waals surface area contributed by atoms with Crippen LogP contribution in [0.1, 0.15) is 45.1 Å². The molecule has 216 valence electrons. The number of carboxylic acids is 1. The number of carboxylic acid groups (broad SMARTS) is 1. The minimum absolute atomic E-state index is 0.119. The second-order valence-corrected chi connectivity index (χ2v) is 10.9. The Hall–Kier alpha value is -3.09. The molecule has 9 N–H and O–H groups in total. The molecule has 0 aliphatic rings. The van der Waals surface area contributed by atoms with Crippen molar-refractivity contribution in [2.75, 3.05) is 18.6 Å². The molecule has 2 rings (SSSR count). The van der Waals surface area contributed by atoms with Crippen LogP contribution in [-0.4, -0.2) is 76.5 Å². The highest BCUT2D eigenvalue weighted by molar-refractivity contribution is 7.98. The molecule has 3 amide bonds. The number of aromatic amines is 1. The summed E-state index contributed by atoms with van der Waals surface area (Å²) in [6, 6.07) is 3.66. The highest BCUT2D eigenvalue weighted by Crippen LogP contribution is 2.19. The van der Waals surface area contributed by atoms with Crippen LogP contribution in [0.4, 0.5) is 0 Å². The maximum atomic E-state index is 13.4. The highest BCUT2D eigenvalue weighted by Gasteiger charge is 2.31. The molecule has 39 heavy (non-hydrogen) atoms. The van der Waals surface area contributed by atoms with Gasteiger partial charge in [-0.3, -0.25) is 14.4 Å². The third-order valence-electron chi connectivity index (χ3n) is 6.51. The quantitative estimate of drug-likeness (QED) is 0.139. The number of fused-ring (bicyclic) bond motifs is 1. The number of rotatable bonds is 17. The van der Waals surface area contributed by atoms with Crippen molar-refractivity contribution in [1.82, 2.24) is 20.9 Å². The van der Waals surface area contributed by atoms with Gasteiger partial charge < -0.3 is 37.5 Å². The molecule has 0 bridgehead atoms. The van der Waals surface area contributed by atoms with Crippen molar-refractivity contribution < 1.29 is 24.3 Å². The van der Waals surface area contributed by atoms with Crippen LogP contribution in [0.25, 0.3) is 10.9 Å². The monoisotopic (exact) mass is 562 g/mol. The first-order valence-corrected chi connectivity index (χ1v) is 14.6. The number of aliphatic carboxylic acids is 1. The Morgan fingerprint density at radius 2 is 1.64 bits per heavy atom. The van der Waals surface area contributed by atoms with E-state index in [2.05, 4.69) is 20.9 Å². The Bertz CT molecular complexity index is 1110. The number of benzene rings is 1. The summed E-state index contributed by atoms with van der Waals surface area (Å²) in [5.41, 5.74) is 13.2. The molecule has 0 fully saturated rings.